The second-order valence-electron chi connectivity index (χ2n) is 3.07. The van der Waals surface area contributed by atoms with Crippen molar-refractivity contribution in [3.8, 4) is 0 Å². The number of rotatable bonds is 2. The Hall–Kier alpha value is -1.64. The zero-order valence-electron chi connectivity index (χ0n) is 9.39. The van der Waals surface area contributed by atoms with Gasteiger partial charge in [0.25, 0.3) is 0 Å². The first-order valence-corrected chi connectivity index (χ1v) is 4.95. The first-order valence-electron chi connectivity index (χ1n) is 4.95. The van der Waals surface area contributed by atoms with Crippen molar-refractivity contribution in [2.45, 2.75) is 6.92 Å². The molecule has 0 heterocycles. The molecule has 2 rings (SSSR count). The summed E-state index contributed by atoms with van der Waals surface area (Å²) in [7, 11) is 0. The SMILES string of the molecule is CC=C([c-]1cccc1)[N+](=O)[O-].[Fe+2].c1cc[cH-]c1. The molecule has 0 radical (unpaired) electrons. The van der Waals surface area contributed by atoms with Crippen LogP contribution in [0.2, 0.25) is 0 Å². The van der Waals surface area contributed by atoms with Gasteiger partial charge in [-0.3, -0.25) is 10.1 Å². The molecule has 0 atom stereocenters. The van der Waals surface area contributed by atoms with E-state index in [-0.39, 0.29) is 27.7 Å². The van der Waals surface area contributed by atoms with Crippen molar-refractivity contribution in [3.63, 3.8) is 0 Å². The summed E-state index contributed by atoms with van der Waals surface area (Å²) in [5, 5.41) is 10.4. The molecule has 0 amide bonds. The zero-order chi connectivity index (χ0) is 11.8. The van der Waals surface area contributed by atoms with E-state index >= 15 is 0 Å². The van der Waals surface area contributed by atoms with E-state index < -0.39 is 0 Å². The summed E-state index contributed by atoms with van der Waals surface area (Å²) in [6.07, 6.45) is 1.50. The van der Waals surface area contributed by atoms with Crippen LogP contribution >= 0.6 is 0 Å². The molecule has 0 aliphatic rings. The maximum absolute atomic E-state index is 10.4. The van der Waals surface area contributed by atoms with Crippen LogP contribution in [0, 0.1) is 10.1 Å². The summed E-state index contributed by atoms with van der Waals surface area (Å²) < 4.78 is 0. The summed E-state index contributed by atoms with van der Waals surface area (Å²) in [5.74, 6) is 0. The summed E-state index contributed by atoms with van der Waals surface area (Å²) in [6.45, 7) is 1.66. The molecule has 2 aromatic carbocycles. The van der Waals surface area contributed by atoms with Gasteiger partial charge in [0.05, 0.1) is 0 Å². The van der Waals surface area contributed by atoms with Gasteiger partial charge < -0.3 is 0 Å². The van der Waals surface area contributed by atoms with Crippen LogP contribution in [0.3, 0.4) is 0 Å². The standard InChI is InChI=1S/C8H8NO2.C5H5.Fe/c1-2-8(9(10)11)7-5-3-4-6-7;1-2-4-5-3-1;/h2-6H,1H3;1-5H;/q2*-1;+2. The Morgan fingerprint density at radius 1 is 1.24 bits per heavy atom. The molecule has 17 heavy (non-hydrogen) atoms. The van der Waals surface area contributed by atoms with E-state index in [2.05, 4.69) is 0 Å². The van der Waals surface area contributed by atoms with E-state index in [1.807, 2.05) is 30.3 Å². The summed E-state index contributed by atoms with van der Waals surface area (Å²) >= 11 is 0. The average molecular weight is 271 g/mol. The van der Waals surface area contributed by atoms with Crippen molar-refractivity contribution in [2.75, 3.05) is 0 Å². The van der Waals surface area contributed by atoms with Crippen LogP contribution in [-0.2, 0) is 17.1 Å². The fourth-order valence-corrected chi connectivity index (χ4v) is 1.24. The van der Waals surface area contributed by atoms with Gasteiger partial charge in [-0.25, -0.2) is 12.1 Å². The number of allylic oxidation sites excluding steroid dienone is 1. The second-order valence-corrected chi connectivity index (χ2v) is 3.07. The third kappa shape index (κ3) is 5.29. The predicted molar refractivity (Wildman–Crippen MR) is 64.7 cm³/mol. The van der Waals surface area contributed by atoms with Crippen LogP contribution in [0.5, 0.6) is 0 Å². The quantitative estimate of drug-likeness (QED) is 0.363. The van der Waals surface area contributed by atoms with Crippen molar-refractivity contribution in [3.05, 3.63) is 76.4 Å². The molecule has 0 unspecified atom stereocenters. The van der Waals surface area contributed by atoms with Gasteiger partial charge in [-0.1, -0.05) is 13.0 Å². The largest absolute Gasteiger partial charge is 2.00 e. The Morgan fingerprint density at radius 3 is 2.06 bits per heavy atom. The van der Waals surface area contributed by atoms with Gasteiger partial charge in [0, 0.05) is 4.92 Å². The maximum atomic E-state index is 10.4. The van der Waals surface area contributed by atoms with Gasteiger partial charge in [-0.05, 0) is 5.56 Å². The zero-order valence-corrected chi connectivity index (χ0v) is 10.5. The van der Waals surface area contributed by atoms with Crippen molar-refractivity contribution in [1.82, 2.24) is 0 Å². The van der Waals surface area contributed by atoms with E-state index in [1.165, 1.54) is 6.08 Å². The van der Waals surface area contributed by atoms with E-state index in [0.717, 1.165) is 0 Å². The average Bonchev–Trinajstić information content (AvgIpc) is 2.94. The van der Waals surface area contributed by atoms with Gasteiger partial charge in [0.15, 0.2) is 5.70 Å². The molecule has 0 spiro atoms. The molecule has 0 bridgehead atoms. The maximum Gasteiger partial charge on any atom is 2.00 e. The minimum absolute atomic E-state index is 0. The Balaban J connectivity index is 0.000000360. The van der Waals surface area contributed by atoms with Crippen molar-refractivity contribution in [2.24, 2.45) is 0 Å². The van der Waals surface area contributed by atoms with Crippen molar-refractivity contribution >= 4 is 5.70 Å². The summed E-state index contributed by atoms with van der Waals surface area (Å²) in [5.41, 5.74) is 0.826. The topological polar surface area (TPSA) is 43.1 Å². The third-order valence-electron chi connectivity index (χ3n) is 1.98. The minimum Gasteiger partial charge on any atom is -0.260 e. The molecule has 0 aliphatic heterocycles. The number of hydrogen-bond donors (Lipinski definition) is 0. The first kappa shape index (κ1) is 15.4. The second kappa shape index (κ2) is 8.50. The molecule has 3 nitrogen and oxygen atoms in total. The number of hydrogen-bond acceptors (Lipinski definition) is 2. The molecular weight excluding hydrogens is 258 g/mol. The van der Waals surface area contributed by atoms with Crippen molar-refractivity contribution in [1.29, 1.82) is 0 Å². The van der Waals surface area contributed by atoms with E-state index in [0.29, 0.717) is 5.56 Å². The normalized spacial score (nSPS) is 9.82. The molecule has 0 saturated heterocycles. The monoisotopic (exact) mass is 271 g/mol. The van der Waals surface area contributed by atoms with Gasteiger partial charge in [-0.2, -0.15) is 30.3 Å². The van der Waals surface area contributed by atoms with Crippen LogP contribution < -0.4 is 0 Å². The molecule has 0 N–H and O–H groups in total. The van der Waals surface area contributed by atoms with Gasteiger partial charge >= 0.3 is 17.1 Å². The summed E-state index contributed by atoms with van der Waals surface area (Å²) in [4.78, 5) is 9.99. The van der Waals surface area contributed by atoms with Crippen LogP contribution in [0.1, 0.15) is 12.5 Å². The molecule has 0 aromatic heterocycles. The van der Waals surface area contributed by atoms with Crippen LogP contribution in [0.4, 0.5) is 0 Å². The van der Waals surface area contributed by atoms with Gasteiger partial charge in [-0.15, -0.1) is 12.1 Å². The van der Waals surface area contributed by atoms with Crippen LogP contribution in [0.25, 0.3) is 5.70 Å². The number of nitrogens with zero attached hydrogens (tertiary/aromatic N) is 1. The molecule has 0 fully saturated rings. The predicted octanol–water partition coefficient (Wildman–Crippen LogP) is 3.45. The molecule has 0 aliphatic carbocycles. The van der Waals surface area contributed by atoms with Gasteiger partial charge in [0.2, 0.25) is 0 Å². The Labute approximate surface area is 111 Å². The Morgan fingerprint density at radius 2 is 1.76 bits per heavy atom. The molecular formula is C13H13FeNO2. The van der Waals surface area contributed by atoms with Crippen LogP contribution in [-0.4, -0.2) is 4.92 Å². The Bertz CT molecular complexity index is 413. The Kier molecular flexibility index (Phi) is 7.68. The molecule has 2 aromatic rings. The van der Waals surface area contributed by atoms with Gasteiger partial charge in [0.1, 0.15) is 0 Å². The smallest absolute Gasteiger partial charge is 0.260 e. The number of nitro groups is 1. The molecule has 0 saturated carbocycles. The van der Waals surface area contributed by atoms with Crippen LogP contribution in [0.15, 0.2) is 60.7 Å². The molecule has 90 valence electrons. The van der Waals surface area contributed by atoms with Crippen molar-refractivity contribution < 1.29 is 22.0 Å². The minimum atomic E-state index is -0.380. The van der Waals surface area contributed by atoms with E-state index in [9.17, 15) is 10.1 Å². The first-order chi connectivity index (χ1) is 7.75. The van der Waals surface area contributed by atoms with E-state index in [1.54, 1.807) is 31.2 Å². The fraction of sp³-hybridized carbons (Fsp3) is 0.0769. The molecule has 4 heteroatoms. The van der Waals surface area contributed by atoms with E-state index in [4.69, 9.17) is 0 Å². The summed E-state index contributed by atoms with van der Waals surface area (Å²) in [6, 6.07) is 17.0. The fourth-order valence-electron chi connectivity index (χ4n) is 1.24. The third-order valence-corrected chi connectivity index (χ3v) is 1.98.